The molecule has 6 heteroatoms. The van der Waals surface area contributed by atoms with Crippen LogP contribution in [0.4, 0.5) is 5.69 Å². The second-order valence-electron chi connectivity index (χ2n) is 5.41. The fourth-order valence-electron chi connectivity index (χ4n) is 2.43. The molecule has 0 aliphatic carbocycles. The molecule has 6 nitrogen and oxygen atoms in total. The summed E-state index contributed by atoms with van der Waals surface area (Å²) in [7, 11) is 1.32. The number of rotatable bonds is 4. The zero-order chi connectivity index (χ0) is 17.8. The van der Waals surface area contributed by atoms with Crippen LogP contribution in [0.3, 0.4) is 0 Å². The lowest BCUT2D eigenvalue weighted by atomic mass is 10.1. The summed E-state index contributed by atoms with van der Waals surface area (Å²) in [6, 6.07) is 15.9. The number of aromatic nitrogens is 2. The number of hydrogen-bond acceptors (Lipinski definition) is 4. The van der Waals surface area contributed by atoms with Crippen molar-refractivity contribution in [3.8, 4) is 5.69 Å². The predicted octanol–water partition coefficient (Wildman–Crippen LogP) is 3.22. The largest absolute Gasteiger partial charge is 0.465 e. The molecule has 1 heterocycles. The molecule has 0 saturated heterocycles. The van der Waals surface area contributed by atoms with Crippen molar-refractivity contribution in [2.75, 3.05) is 12.4 Å². The average Bonchev–Trinajstić information content (AvgIpc) is 3.02. The molecule has 0 saturated carbocycles. The van der Waals surface area contributed by atoms with E-state index >= 15 is 0 Å². The minimum Gasteiger partial charge on any atom is -0.465 e. The molecule has 3 rings (SSSR count). The van der Waals surface area contributed by atoms with Gasteiger partial charge in [-0.05, 0) is 43.3 Å². The Bertz CT molecular complexity index is 899. The molecule has 3 aromatic rings. The summed E-state index contributed by atoms with van der Waals surface area (Å²) in [4.78, 5) is 23.8. The number of hydrogen-bond donors (Lipinski definition) is 1. The fraction of sp³-hybridized carbons (Fsp3) is 0.105. The molecule has 1 aromatic heterocycles. The number of ether oxygens (including phenoxy) is 1. The molecule has 0 bridgehead atoms. The van der Waals surface area contributed by atoms with E-state index in [-0.39, 0.29) is 5.91 Å². The van der Waals surface area contributed by atoms with Crippen LogP contribution in [0.1, 0.15) is 26.4 Å². The van der Waals surface area contributed by atoms with Gasteiger partial charge in [0.2, 0.25) is 0 Å². The third kappa shape index (κ3) is 3.42. The number of methoxy groups -OCH3 is 1. The Hall–Kier alpha value is -3.41. The Morgan fingerprint density at radius 1 is 1.00 bits per heavy atom. The topological polar surface area (TPSA) is 73.2 Å². The van der Waals surface area contributed by atoms with Gasteiger partial charge in [-0.15, -0.1) is 0 Å². The molecule has 126 valence electrons. The van der Waals surface area contributed by atoms with E-state index in [1.807, 2.05) is 37.3 Å². The van der Waals surface area contributed by atoms with Crippen molar-refractivity contribution in [2.45, 2.75) is 6.92 Å². The van der Waals surface area contributed by atoms with Gasteiger partial charge >= 0.3 is 5.97 Å². The standard InChI is InChI=1S/C19H17N3O3/c1-13-17(12-20-22(13)16-6-4-3-5-7-16)21-18(23)14-8-10-15(11-9-14)19(24)25-2/h3-12H,1-2H3,(H,21,23). The van der Waals surface area contributed by atoms with Gasteiger partial charge < -0.3 is 10.1 Å². The minimum atomic E-state index is -0.438. The van der Waals surface area contributed by atoms with Gasteiger partial charge in [-0.3, -0.25) is 4.79 Å². The third-order valence-electron chi connectivity index (χ3n) is 3.83. The van der Waals surface area contributed by atoms with E-state index in [1.54, 1.807) is 35.1 Å². The Balaban J connectivity index is 1.78. The van der Waals surface area contributed by atoms with Gasteiger partial charge in [0.05, 0.1) is 35.9 Å². The number of para-hydroxylation sites is 1. The molecule has 2 aromatic carbocycles. The lowest BCUT2D eigenvalue weighted by molar-refractivity contribution is 0.0600. The molecule has 0 radical (unpaired) electrons. The first-order valence-corrected chi connectivity index (χ1v) is 7.70. The molecule has 0 aliphatic heterocycles. The molecule has 1 N–H and O–H groups in total. The SMILES string of the molecule is COC(=O)c1ccc(C(=O)Nc2cnn(-c3ccccc3)c2C)cc1. The number of nitrogens with one attached hydrogen (secondary N) is 1. The molecule has 0 spiro atoms. The van der Waals surface area contributed by atoms with E-state index in [0.717, 1.165) is 11.4 Å². The van der Waals surface area contributed by atoms with E-state index in [2.05, 4.69) is 15.2 Å². The number of esters is 1. The predicted molar refractivity (Wildman–Crippen MR) is 94.0 cm³/mol. The maximum Gasteiger partial charge on any atom is 0.337 e. The highest BCUT2D eigenvalue weighted by molar-refractivity contribution is 6.05. The van der Waals surface area contributed by atoms with Gasteiger partial charge in [-0.25, -0.2) is 9.48 Å². The number of benzene rings is 2. The maximum absolute atomic E-state index is 12.4. The molecule has 25 heavy (non-hydrogen) atoms. The first kappa shape index (κ1) is 16.4. The van der Waals surface area contributed by atoms with Crippen LogP contribution in [0.15, 0.2) is 60.8 Å². The zero-order valence-electron chi connectivity index (χ0n) is 13.9. The first-order chi connectivity index (χ1) is 12.1. The van der Waals surface area contributed by atoms with Crippen LogP contribution < -0.4 is 5.32 Å². The number of carbonyl (C=O) groups excluding carboxylic acids is 2. The van der Waals surface area contributed by atoms with Crippen LogP contribution in [0.2, 0.25) is 0 Å². The van der Waals surface area contributed by atoms with Gasteiger partial charge in [-0.2, -0.15) is 5.10 Å². The molecular formula is C19H17N3O3. The number of anilines is 1. The van der Waals surface area contributed by atoms with Crippen LogP contribution >= 0.6 is 0 Å². The Kier molecular flexibility index (Phi) is 4.61. The molecule has 1 amide bonds. The highest BCUT2D eigenvalue weighted by Crippen LogP contribution is 2.19. The lowest BCUT2D eigenvalue weighted by Crippen LogP contribution is -2.13. The third-order valence-corrected chi connectivity index (χ3v) is 3.83. The monoisotopic (exact) mass is 335 g/mol. The number of nitrogens with zero attached hydrogens (tertiary/aromatic N) is 2. The molecule has 0 atom stereocenters. The van der Waals surface area contributed by atoms with Crippen molar-refractivity contribution in [1.82, 2.24) is 9.78 Å². The van der Waals surface area contributed by atoms with Crippen molar-refractivity contribution in [2.24, 2.45) is 0 Å². The van der Waals surface area contributed by atoms with Crippen LogP contribution in [-0.4, -0.2) is 28.8 Å². The van der Waals surface area contributed by atoms with Gasteiger partial charge in [0.15, 0.2) is 0 Å². The first-order valence-electron chi connectivity index (χ1n) is 7.70. The van der Waals surface area contributed by atoms with E-state index < -0.39 is 5.97 Å². The van der Waals surface area contributed by atoms with Crippen molar-refractivity contribution < 1.29 is 14.3 Å². The maximum atomic E-state index is 12.4. The van der Waals surface area contributed by atoms with Crippen LogP contribution in [0.25, 0.3) is 5.69 Å². The zero-order valence-corrected chi connectivity index (χ0v) is 13.9. The van der Waals surface area contributed by atoms with Crippen LogP contribution in [0, 0.1) is 6.92 Å². The van der Waals surface area contributed by atoms with Crippen LogP contribution in [-0.2, 0) is 4.74 Å². The number of amides is 1. The summed E-state index contributed by atoms with van der Waals surface area (Å²) in [5.41, 5.74) is 3.21. The number of carbonyl (C=O) groups is 2. The summed E-state index contributed by atoms with van der Waals surface area (Å²) in [5, 5.41) is 7.16. The highest BCUT2D eigenvalue weighted by atomic mass is 16.5. The smallest absolute Gasteiger partial charge is 0.337 e. The average molecular weight is 335 g/mol. The summed E-state index contributed by atoms with van der Waals surface area (Å²) in [6.07, 6.45) is 1.61. The summed E-state index contributed by atoms with van der Waals surface area (Å²) >= 11 is 0. The van der Waals surface area contributed by atoms with Crippen molar-refractivity contribution in [3.05, 3.63) is 77.6 Å². The fourth-order valence-corrected chi connectivity index (χ4v) is 2.43. The van der Waals surface area contributed by atoms with Gasteiger partial charge in [0, 0.05) is 5.56 Å². The van der Waals surface area contributed by atoms with Crippen molar-refractivity contribution in [3.63, 3.8) is 0 Å². The van der Waals surface area contributed by atoms with Gasteiger partial charge in [-0.1, -0.05) is 18.2 Å². The quantitative estimate of drug-likeness (QED) is 0.743. The van der Waals surface area contributed by atoms with E-state index in [0.29, 0.717) is 16.8 Å². The lowest BCUT2D eigenvalue weighted by Gasteiger charge is -2.07. The van der Waals surface area contributed by atoms with Crippen molar-refractivity contribution >= 4 is 17.6 Å². The van der Waals surface area contributed by atoms with E-state index in [9.17, 15) is 9.59 Å². The Morgan fingerprint density at radius 3 is 2.28 bits per heavy atom. The normalized spacial score (nSPS) is 10.3. The molecule has 0 aliphatic rings. The van der Waals surface area contributed by atoms with Gasteiger partial charge in [0.1, 0.15) is 0 Å². The Morgan fingerprint density at radius 2 is 1.64 bits per heavy atom. The summed E-state index contributed by atoms with van der Waals surface area (Å²) in [5.74, 6) is -0.709. The molecule has 0 fully saturated rings. The minimum absolute atomic E-state index is 0.271. The molecule has 0 unspecified atom stereocenters. The second-order valence-corrected chi connectivity index (χ2v) is 5.41. The highest BCUT2D eigenvalue weighted by Gasteiger charge is 2.13. The molecular weight excluding hydrogens is 318 g/mol. The van der Waals surface area contributed by atoms with Gasteiger partial charge in [0.25, 0.3) is 5.91 Å². The van der Waals surface area contributed by atoms with E-state index in [1.165, 1.54) is 7.11 Å². The Labute approximate surface area is 145 Å². The van der Waals surface area contributed by atoms with E-state index in [4.69, 9.17) is 0 Å². The second kappa shape index (κ2) is 7.00. The summed E-state index contributed by atoms with van der Waals surface area (Å²) < 4.78 is 6.40. The summed E-state index contributed by atoms with van der Waals surface area (Å²) in [6.45, 7) is 1.88. The van der Waals surface area contributed by atoms with Crippen molar-refractivity contribution in [1.29, 1.82) is 0 Å². The van der Waals surface area contributed by atoms with Crippen LogP contribution in [0.5, 0.6) is 0 Å².